The van der Waals surface area contributed by atoms with Gasteiger partial charge in [0.25, 0.3) is 0 Å². The Kier molecular flexibility index (Phi) is 3.45. The molecule has 0 unspecified atom stereocenters. The molecule has 1 heterocycles. The first-order valence-corrected chi connectivity index (χ1v) is 6.28. The van der Waals surface area contributed by atoms with Crippen molar-refractivity contribution >= 4 is 0 Å². The molecule has 2 aliphatic rings. The lowest BCUT2D eigenvalue weighted by molar-refractivity contribution is 0.223. The van der Waals surface area contributed by atoms with Crippen LogP contribution in [0.15, 0.2) is 0 Å². The average molecular weight is 196 g/mol. The molecule has 0 bridgehead atoms. The van der Waals surface area contributed by atoms with E-state index >= 15 is 0 Å². The molecule has 1 N–H and O–H groups in total. The zero-order chi connectivity index (χ0) is 9.86. The van der Waals surface area contributed by atoms with E-state index in [2.05, 4.69) is 17.1 Å². The topological polar surface area (TPSA) is 15.3 Å². The lowest BCUT2D eigenvalue weighted by Crippen LogP contribution is -2.33. The van der Waals surface area contributed by atoms with Crippen LogP contribution in [-0.2, 0) is 0 Å². The molecule has 2 heteroatoms. The normalized spacial score (nSPS) is 27.2. The molecule has 0 spiro atoms. The van der Waals surface area contributed by atoms with E-state index in [1.807, 2.05) is 0 Å². The minimum Gasteiger partial charge on any atom is -0.315 e. The zero-order valence-electron chi connectivity index (χ0n) is 9.52. The standard InChI is InChI=1S/C12H24N2/c1-2-4-12(5-6-12)11-14-9-3-7-13-8-10-14/h13H,2-11H2,1H3. The molecule has 2 fully saturated rings. The van der Waals surface area contributed by atoms with Gasteiger partial charge in [0.1, 0.15) is 0 Å². The van der Waals surface area contributed by atoms with Gasteiger partial charge in [0.05, 0.1) is 0 Å². The van der Waals surface area contributed by atoms with Crippen molar-refractivity contribution in [2.75, 3.05) is 32.7 Å². The van der Waals surface area contributed by atoms with E-state index < -0.39 is 0 Å². The lowest BCUT2D eigenvalue weighted by atomic mass is 10.00. The van der Waals surface area contributed by atoms with Gasteiger partial charge in [-0.25, -0.2) is 0 Å². The molecule has 1 saturated carbocycles. The Labute approximate surface area is 88.1 Å². The van der Waals surface area contributed by atoms with E-state index in [1.54, 1.807) is 0 Å². The third-order valence-corrected chi connectivity index (χ3v) is 3.73. The quantitative estimate of drug-likeness (QED) is 0.738. The van der Waals surface area contributed by atoms with Crippen molar-refractivity contribution in [2.45, 2.75) is 39.0 Å². The molecule has 1 aliphatic heterocycles. The summed E-state index contributed by atoms with van der Waals surface area (Å²) in [7, 11) is 0. The molecule has 0 amide bonds. The first-order valence-electron chi connectivity index (χ1n) is 6.28. The summed E-state index contributed by atoms with van der Waals surface area (Å²) in [6.07, 6.45) is 7.14. The summed E-state index contributed by atoms with van der Waals surface area (Å²) < 4.78 is 0. The summed E-state index contributed by atoms with van der Waals surface area (Å²) >= 11 is 0. The first kappa shape index (κ1) is 10.4. The third-order valence-electron chi connectivity index (χ3n) is 3.73. The molecule has 2 rings (SSSR count). The molecule has 14 heavy (non-hydrogen) atoms. The maximum absolute atomic E-state index is 3.47. The van der Waals surface area contributed by atoms with Crippen molar-refractivity contribution < 1.29 is 0 Å². The number of nitrogens with one attached hydrogen (secondary N) is 1. The van der Waals surface area contributed by atoms with E-state index in [4.69, 9.17) is 0 Å². The minimum absolute atomic E-state index is 0.749. The highest BCUT2D eigenvalue weighted by molar-refractivity contribution is 4.95. The van der Waals surface area contributed by atoms with Gasteiger partial charge < -0.3 is 10.2 Å². The van der Waals surface area contributed by atoms with Crippen LogP contribution in [0, 0.1) is 5.41 Å². The Morgan fingerprint density at radius 3 is 2.79 bits per heavy atom. The van der Waals surface area contributed by atoms with Crippen LogP contribution in [0.5, 0.6) is 0 Å². The van der Waals surface area contributed by atoms with Crippen LogP contribution in [0.2, 0.25) is 0 Å². The zero-order valence-corrected chi connectivity index (χ0v) is 9.52. The summed E-state index contributed by atoms with van der Waals surface area (Å²) in [6.45, 7) is 8.70. The first-order chi connectivity index (χ1) is 6.85. The third kappa shape index (κ3) is 2.71. The Morgan fingerprint density at radius 2 is 2.07 bits per heavy atom. The number of rotatable bonds is 4. The van der Waals surface area contributed by atoms with Crippen molar-refractivity contribution in [3.8, 4) is 0 Å². The largest absolute Gasteiger partial charge is 0.315 e. The highest BCUT2D eigenvalue weighted by atomic mass is 15.2. The van der Waals surface area contributed by atoms with Gasteiger partial charge in [0.15, 0.2) is 0 Å². The van der Waals surface area contributed by atoms with Crippen LogP contribution >= 0.6 is 0 Å². The van der Waals surface area contributed by atoms with Crippen LogP contribution in [-0.4, -0.2) is 37.6 Å². The Hall–Kier alpha value is -0.0800. The molecule has 0 atom stereocenters. The summed E-state index contributed by atoms with van der Waals surface area (Å²) in [5, 5.41) is 3.47. The van der Waals surface area contributed by atoms with Gasteiger partial charge in [-0.15, -0.1) is 0 Å². The van der Waals surface area contributed by atoms with Crippen LogP contribution in [0.4, 0.5) is 0 Å². The molecule has 0 radical (unpaired) electrons. The van der Waals surface area contributed by atoms with Gasteiger partial charge in [-0.3, -0.25) is 0 Å². The molecule has 1 aliphatic carbocycles. The van der Waals surface area contributed by atoms with Gasteiger partial charge in [-0.1, -0.05) is 13.3 Å². The van der Waals surface area contributed by atoms with Crippen molar-refractivity contribution in [3.05, 3.63) is 0 Å². The number of hydrogen-bond donors (Lipinski definition) is 1. The van der Waals surface area contributed by atoms with E-state index in [-0.39, 0.29) is 0 Å². The van der Waals surface area contributed by atoms with Crippen molar-refractivity contribution in [3.63, 3.8) is 0 Å². The Bertz CT molecular complexity index is 167. The van der Waals surface area contributed by atoms with Crippen molar-refractivity contribution in [2.24, 2.45) is 5.41 Å². The summed E-state index contributed by atoms with van der Waals surface area (Å²) in [4.78, 5) is 2.68. The fourth-order valence-corrected chi connectivity index (χ4v) is 2.73. The van der Waals surface area contributed by atoms with Crippen LogP contribution in [0.1, 0.15) is 39.0 Å². The summed E-state index contributed by atoms with van der Waals surface area (Å²) in [6, 6.07) is 0. The lowest BCUT2D eigenvalue weighted by Gasteiger charge is -2.25. The van der Waals surface area contributed by atoms with E-state index in [0.29, 0.717) is 0 Å². The highest BCUT2D eigenvalue weighted by Crippen LogP contribution is 2.50. The fraction of sp³-hybridized carbons (Fsp3) is 1.00. The SMILES string of the molecule is CCCC1(CN2CCCNCC2)CC1. The fourth-order valence-electron chi connectivity index (χ4n) is 2.73. The van der Waals surface area contributed by atoms with Gasteiger partial charge in [0, 0.05) is 19.6 Å². The van der Waals surface area contributed by atoms with Gasteiger partial charge >= 0.3 is 0 Å². The maximum atomic E-state index is 3.47. The van der Waals surface area contributed by atoms with Crippen LogP contribution in [0.25, 0.3) is 0 Å². The van der Waals surface area contributed by atoms with Gasteiger partial charge in [-0.05, 0) is 44.2 Å². The second-order valence-electron chi connectivity index (χ2n) is 5.13. The van der Waals surface area contributed by atoms with E-state index in [9.17, 15) is 0 Å². The molecule has 1 saturated heterocycles. The van der Waals surface area contributed by atoms with Gasteiger partial charge in [0.2, 0.25) is 0 Å². The van der Waals surface area contributed by atoms with Crippen molar-refractivity contribution in [1.29, 1.82) is 0 Å². The second kappa shape index (κ2) is 4.63. The predicted molar refractivity (Wildman–Crippen MR) is 60.5 cm³/mol. The van der Waals surface area contributed by atoms with Crippen LogP contribution in [0.3, 0.4) is 0 Å². The maximum Gasteiger partial charge on any atom is 0.0107 e. The summed E-state index contributed by atoms with van der Waals surface area (Å²) in [5.41, 5.74) is 0.749. The molecule has 82 valence electrons. The van der Waals surface area contributed by atoms with Crippen molar-refractivity contribution in [1.82, 2.24) is 10.2 Å². The number of hydrogen-bond acceptors (Lipinski definition) is 2. The highest BCUT2D eigenvalue weighted by Gasteiger charge is 2.42. The summed E-state index contributed by atoms with van der Waals surface area (Å²) in [5.74, 6) is 0. The molecule has 0 aromatic heterocycles. The molecular formula is C12H24N2. The predicted octanol–water partition coefficient (Wildman–Crippen LogP) is 1.86. The van der Waals surface area contributed by atoms with Crippen LogP contribution < -0.4 is 5.32 Å². The van der Waals surface area contributed by atoms with E-state index in [0.717, 1.165) is 5.41 Å². The Morgan fingerprint density at radius 1 is 1.21 bits per heavy atom. The second-order valence-corrected chi connectivity index (χ2v) is 5.13. The smallest absolute Gasteiger partial charge is 0.0107 e. The molecule has 0 aromatic rings. The monoisotopic (exact) mass is 196 g/mol. The molecule has 0 aromatic carbocycles. The Balaban J connectivity index is 1.77. The van der Waals surface area contributed by atoms with E-state index in [1.165, 1.54) is 64.8 Å². The minimum atomic E-state index is 0.749. The molecule has 2 nitrogen and oxygen atoms in total. The number of nitrogens with zero attached hydrogens (tertiary/aromatic N) is 1. The van der Waals surface area contributed by atoms with Gasteiger partial charge in [-0.2, -0.15) is 0 Å². The average Bonchev–Trinajstić information content (AvgIpc) is 2.93. The molecular weight excluding hydrogens is 172 g/mol.